The van der Waals surface area contributed by atoms with Gasteiger partial charge < -0.3 is 13.9 Å². The molecule has 0 amide bonds. The fraction of sp³-hybridized carbons (Fsp3) is 0.417. The van der Waals surface area contributed by atoms with E-state index in [0.29, 0.717) is 25.7 Å². The molecule has 2 aromatic rings. The Kier molecular flexibility index (Phi) is 2.38. The Morgan fingerprint density at radius 2 is 2.25 bits per heavy atom. The van der Waals surface area contributed by atoms with Crippen molar-refractivity contribution in [3.05, 3.63) is 29.7 Å². The first kappa shape index (κ1) is 9.81. The molecule has 0 spiro atoms. The highest BCUT2D eigenvalue weighted by Crippen LogP contribution is 2.24. The predicted octanol–water partition coefficient (Wildman–Crippen LogP) is 2.22. The molecular formula is C12H13NO3. The zero-order valence-electron chi connectivity index (χ0n) is 9.10. The standard InChI is InChI=1S/C12H13NO3/c1-8-2-3-10-9(6-8)13-12(16-10)11-7-14-4-5-15-11/h2-3,6,11H,4-5,7H2,1H3. The number of nitrogens with zero attached hydrogens (tertiary/aromatic N) is 1. The number of ether oxygens (including phenoxy) is 2. The first-order valence-electron chi connectivity index (χ1n) is 5.39. The molecule has 0 radical (unpaired) electrons. The van der Waals surface area contributed by atoms with Gasteiger partial charge in [0.25, 0.3) is 0 Å². The van der Waals surface area contributed by atoms with Crippen LogP contribution in [0.2, 0.25) is 0 Å². The molecule has 1 fully saturated rings. The first-order chi connectivity index (χ1) is 7.83. The minimum absolute atomic E-state index is 0.165. The van der Waals surface area contributed by atoms with Crippen LogP contribution in [0, 0.1) is 6.92 Å². The highest BCUT2D eigenvalue weighted by Gasteiger charge is 2.22. The van der Waals surface area contributed by atoms with E-state index in [-0.39, 0.29) is 6.10 Å². The topological polar surface area (TPSA) is 44.5 Å². The molecule has 1 aromatic heterocycles. The van der Waals surface area contributed by atoms with Gasteiger partial charge in [0.15, 0.2) is 11.7 Å². The average Bonchev–Trinajstić information content (AvgIpc) is 2.73. The van der Waals surface area contributed by atoms with Crippen molar-refractivity contribution in [1.82, 2.24) is 4.98 Å². The van der Waals surface area contributed by atoms with Crippen molar-refractivity contribution in [2.45, 2.75) is 13.0 Å². The summed E-state index contributed by atoms with van der Waals surface area (Å²) < 4.78 is 16.5. The van der Waals surface area contributed by atoms with Crippen LogP contribution in [0.25, 0.3) is 11.1 Å². The molecule has 1 saturated heterocycles. The molecule has 0 N–H and O–H groups in total. The van der Waals surface area contributed by atoms with Gasteiger partial charge in [-0.1, -0.05) is 6.07 Å². The van der Waals surface area contributed by atoms with Gasteiger partial charge in [0.05, 0.1) is 19.8 Å². The molecule has 16 heavy (non-hydrogen) atoms. The van der Waals surface area contributed by atoms with E-state index in [2.05, 4.69) is 4.98 Å². The van der Waals surface area contributed by atoms with Gasteiger partial charge in [-0.2, -0.15) is 0 Å². The molecule has 4 heteroatoms. The van der Waals surface area contributed by atoms with Crippen LogP contribution in [0.5, 0.6) is 0 Å². The summed E-state index contributed by atoms with van der Waals surface area (Å²) in [5.74, 6) is 0.611. The molecule has 1 aliphatic rings. The Morgan fingerprint density at radius 1 is 1.31 bits per heavy atom. The van der Waals surface area contributed by atoms with E-state index in [4.69, 9.17) is 13.9 Å². The molecule has 1 aromatic carbocycles. The fourth-order valence-corrected chi connectivity index (χ4v) is 1.82. The number of hydrogen-bond acceptors (Lipinski definition) is 4. The molecule has 1 aliphatic heterocycles. The van der Waals surface area contributed by atoms with Crippen molar-refractivity contribution in [2.75, 3.05) is 19.8 Å². The minimum Gasteiger partial charge on any atom is -0.438 e. The molecule has 0 saturated carbocycles. The maximum absolute atomic E-state index is 5.65. The SMILES string of the molecule is Cc1ccc2oc(C3COCCO3)nc2c1. The van der Waals surface area contributed by atoms with Crippen LogP contribution in [0.3, 0.4) is 0 Å². The summed E-state index contributed by atoms with van der Waals surface area (Å²) in [4.78, 5) is 4.43. The lowest BCUT2D eigenvalue weighted by Gasteiger charge is -2.19. The van der Waals surface area contributed by atoms with E-state index in [1.807, 2.05) is 25.1 Å². The Balaban J connectivity index is 1.97. The summed E-state index contributed by atoms with van der Waals surface area (Å²) in [7, 11) is 0. The van der Waals surface area contributed by atoms with Crippen molar-refractivity contribution < 1.29 is 13.9 Å². The fourth-order valence-electron chi connectivity index (χ4n) is 1.82. The Labute approximate surface area is 93.2 Å². The molecule has 1 unspecified atom stereocenters. The second-order valence-corrected chi connectivity index (χ2v) is 3.96. The smallest absolute Gasteiger partial charge is 0.227 e. The monoisotopic (exact) mass is 219 g/mol. The highest BCUT2D eigenvalue weighted by atomic mass is 16.6. The lowest BCUT2D eigenvalue weighted by Crippen LogP contribution is -2.22. The predicted molar refractivity (Wildman–Crippen MR) is 58.3 cm³/mol. The molecule has 3 rings (SSSR count). The lowest BCUT2D eigenvalue weighted by molar-refractivity contribution is -0.0991. The van der Waals surface area contributed by atoms with Gasteiger partial charge >= 0.3 is 0 Å². The number of fused-ring (bicyclic) bond motifs is 1. The first-order valence-corrected chi connectivity index (χ1v) is 5.39. The number of hydrogen-bond donors (Lipinski definition) is 0. The molecule has 84 valence electrons. The maximum Gasteiger partial charge on any atom is 0.227 e. The number of oxazole rings is 1. The largest absolute Gasteiger partial charge is 0.438 e. The van der Waals surface area contributed by atoms with Gasteiger partial charge in [0.2, 0.25) is 5.89 Å². The van der Waals surface area contributed by atoms with Crippen molar-refractivity contribution >= 4 is 11.1 Å². The van der Waals surface area contributed by atoms with Gasteiger partial charge in [0.1, 0.15) is 5.52 Å². The van der Waals surface area contributed by atoms with E-state index >= 15 is 0 Å². The van der Waals surface area contributed by atoms with E-state index < -0.39 is 0 Å². The minimum atomic E-state index is -0.165. The van der Waals surface area contributed by atoms with E-state index in [9.17, 15) is 0 Å². The van der Waals surface area contributed by atoms with Crippen molar-refractivity contribution in [3.63, 3.8) is 0 Å². The van der Waals surface area contributed by atoms with Crippen molar-refractivity contribution in [1.29, 1.82) is 0 Å². The van der Waals surface area contributed by atoms with Crippen LogP contribution in [0.15, 0.2) is 22.6 Å². The average molecular weight is 219 g/mol. The number of aromatic nitrogens is 1. The quantitative estimate of drug-likeness (QED) is 0.737. The third-order valence-electron chi connectivity index (χ3n) is 2.65. The van der Waals surface area contributed by atoms with Gasteiger partial charge in [-0.15, -0.1) is 0 Å². The summed E-state index contributed by atoms with van der Waals surface area (Å²) in [5, 5.41) is 0. The molecule has 2 heterocycles. The second-order valence-electron chi connectivity index (χ2n) is 3.96. The van der Waals surface area contributed by atoms with E-state index in [0.717, 1.165) is 11.1 Å². The third-order valence-corrected chi connectivity index (χ3v) is 2.65. The molecule has 0 bridgehead atoms. The molecule has 0 aliphatic carbocycles. The summed E-state index contributed by atoms with van der Waals surface area (Å²) in [6.07, 6.45) is -0.165. The van der Waals surface area contributed by atoms with Gasteiger partial charge in [0, 0.05) is 0 Å². The zero-order chi connectivity index (χ0) is 11.0. The van der Waals surface area contributed by atoms with E-state index in [1.54, 1.807) is 0 Å². The van der Waals surface area contributed by atoms with Crippen LogP contribution in [-0.2, 0) is 9.47 Å². The molecule has 1 atom stereocenters. The Morgan fingerprint density at radius 3 is 3.06 bits per heavy atom. The third kappa shape index (κ3) is 1.70. The van der Waals surface area contributed by atoms with Gasteiger partial charge in [-0.05, 0) is 24.6 Å². The normalized spacial score (nSPS) is 21.4. The summed E-state index contributed by atoms with van der Waals surface area (Å²) >= 11 is 0. The zero-order valence-corrected chi connectivity index (χ0v) is 9.10. The van der Waals surface area contributed by atoms with Crippen LogP contribution in [0.4, 0.5) is 0 Å². The highest BCUT2D eigenvalue weighted by molar-refractivity contribution is 5.73. The Hall–Kier alpha value is -1.39. The van der Waals surface area contributed by atoms with Gasteiger partial charge in [-0.25, -0.2) is 4.98 Å². The van der Waals surface area contributed by atoms with Crippen LogP contribution >= 0.6 is 0 Å². The lowest BCUT2D eigenvalue weighted by atomic mass is 10.2. The number of rotatable bonds is 1. The molecule has 4 nitrogen and oxygen atoms in total. The summed E-state index contributed by atoms with van der Waals surface area (Å²) in [5.41, 5.74) is 2.85. The molecular weight excluding hydrogens is 206 g/mol. The van der Waals surface area contributed by atoms with E-state index in [1.165, 1.54) is 5.56 Å². The summed E-state index contributed by atoms with van der Waals surface area (Å²) in [6.45, 7) is 3.80. The number of benzene rings is 1. The van der Waals surface area contributed by atoms with Crippen molar-refractivity contribution in [2.24, 2.45) is 0 Å². The summed E-state index contributed by atoms with van der Waals surface area (Å²) in [6, 6.07) is 5.95. The Bertz CT molecular complexity index is 500. The van der Waals surface area contributed by atoms with Gasteiger partial charge in [-0.3, -0.25) is 0 Å². The second kappa shape index (κ2) is 3.88. The van der Waals surface area contributed by atoms with Crippen LogP contribution in [-0.4, -0.2) is 24.8 Å². The van der Waals surface area contributed by atoms with Crippen molar-refractivity contribution in [3.8, 4) is 0 Å². The van der Waals surface area contributed by atoms with Crippen LogP contribution in [0.1, 0.15) is 17.6 Å². The van der Waals surface area contributed by atoms with Crippen LogP contribution < -0.4 is 0 Å². The maximum atomic E-state index is 5.65. The number of aryl methyl sites for hydroxylation is 1.